The molecule has 2 atom stereocenters. The third kappa shape index (κ3) is 3.35. The molecule has 138 valence electrons. The van der Waals surface area contributed by atoms with Gasteiger partial charge in [0.25, 0.3) is 5.56 Å². The number of aromatic amines is 1. The van der Waals surface area contributed by atoms with E-state index in [2.05, 4.69) is 28.7 Å². The third-order valence-corrected chi connectivity index (χ3v) is 4.80. The molecule has 1 N–H and O–H groups in total. The Bertz CT molecular complexity index is 856. The maximum Gasteiger partial charge on any atom is 0.329 e. The normalized spacial score (nSPS) is 21.2. The Morgan fingerprint density at radius 1 is 1.24 bits per heavy atom. The van der Waals surface area contributed by atoms with Gasteiger partial charge in [0.2, 0.25) is 5.95 Å². The summed E-state index contributed by atoms with van der Waals surface area (Å²) >= 11 is 0. The SMILES string of the molecule is CCOCCn1c(N2C[C@H](C)C[C@H](C)C2)nc2c1c(=O)[nH]c(=O)n2C. The van der Waals surface area contributed by atoms with Crippen molar-refractivity contribution in [1.82, 2.24) is 19.1 Å². The van der Waals surface area contributed by atoms with Crippen LogP contribution in [0.4, 0.5) is 5.95 Å². The van der Waals surface area contributed by atoms with Gasteiger partial charge in [0, 0.05) is 33.3 Å². The molecule has 0 amide bonds. The lowest BCUT2D eigenvalue weighted by Gasteiger charge is -2.35. The molecule has 0 aromatic carbocycles. The van der Waals surface area contributed by atoms with Crippen LogP contribution in [0, 0.1) is 11.8 Å². The summed E-state index contributed by atoms with van der Waals surface area (Å²) in [5.74, 6) is 1.87. The first-order valence-corrected chi connectivity index (χ1v) is 8.94. The summed E-state index contributed by atoms with van der Waals surface area (Å²) in [4.78, 5) is 33.7. The highest BCUT2D eigenvalue weighted by Crippen LogP contribution is 2.27. The monoisotopic (exact) mass is 349 g/mol. The minimum atomic E-state index is -0.445. The number of hydrogen-bond acceptors (Lipinski definition) is 5. The van der Waals surface area contributed by atoms with E-state index in [0.717, 1.165) is 19.0 Å². The van der Waals surface area contributed by atoms with Crippen LogP contribution in [0.15, 0.2) is 9.59 Å². The number of aromatic nitrogens is 4. The summed E-state index contributed by atoms with van der Waals surface area (Å²) in [6.07, 6.45) is 1.19. The second kappa shape index (κ2) is 7.03. The summed E-state index contributed by atoms with van der Waals surface area (Å²) in [6, 6.07) is 0. The van der Waals surface area contributed by atoms with Gasteiger partial charge in [-0.15, -0.1) is 0 Å². The minimum Gasteiger partial charge on any atom is -0.380 e. The maximum atomic E-state index is 12.4. The lowest BCUT2D eigenvalue weighted by atomic mass is 9.92. The maximum absolute atomic E-state index is 12.4. The van der Waals surface area contributed by atoms with Crippen molar-refractivity contribution in [3.8, 4) is 0 Å². The van der Waals surface area contributed by atoms with Crippen LogP contribution in [0.2, 0.25) is 0 Å². The van der Waals surface area contributed by atoms with Gasteiger partial charge >= 0.3 is 5.69 Å². The van der Waals surface area contributed by atoms with Crippen molar-refractivity contribution in [3.63, 3.8) is 0 Å². The Labute approximate surface area is 146 Å². The highest BCUT2D eigenvalue weighted by molar-refractivity contribution is 5.74. The number of hydrogen-bond donors (Lipinski definition) is 1. The first-order chi connectivity index (χ1) is 11.9. The molecule has 0 saturated carbocycles. The zero-order chi connectivity index (χ0) is 18.1. The van der Waals surface area contributed by atoms with E-state index in [9.17, 15) is 9.59 Å². The number of nitrogens with one attached hydrogen (secondary N) is 1. The fraction of sp³-hybridized carbons (Fsp3) is 0.706. The van der Waals surface area contributed by atoms with Crippen molar-refractivity contribution in [2.45, 2.75) is 33.7 Å². The molecule has 8 nitrogen and oxygen atoms in total. The van der Waals surface area contributed by atoms with Gasteiger partial charge in [-0.25, -0.2) is 4.79 Å². The molecule has 1 aliphatic heterocycles. The first kappa shape index (κ1) is 17.7. The molecule has 0 unspecified atom stereocenters. The van der Waals surface area contributed by atoms with Crippen LogP contribution in [0.3, 0.4) is 0 Å². The van der Waals surface area contributed by atoms with E-state index in [1.165, 1.54) is 11.0 Å². The highest BCUT2D eigenvalue weighted by atomic mass is 16.5. The molecule has 1 fully saturated rings. The zero-order valence-electron chi connectivity index (χ0n) is 15.4. The fourth-order valence-electron chi connectivity index (χ4n) is 3.80. The van der Waals surface area contributed by atoms with Crippen LogP contribution in [-0.2, 0) is 18.3 Å². The van der Waals surface area contributed by atoms with E-state index in [0.29, 0.717) is 42.8 Å². The van der Waals surface area contributed by atoms with Gasteiger partial charge in [-0.05, 0) is 25.2 Å². The smallest absolute Gasteiger partial charge is 0.329 e. The van der Waals surface area contributed by atoms with Crippen LogP contribution >= 0.6 is 0 Å². The van der Waals surface area contributed by atoms with Gasteiger partial charge in [-0.3, -0.25) is 14.3 Å². The standard InChI is InChI=1S/C17H27N5O3/c1-5-25-7-6-22-13-14(20(4)17(24)19-15(13)23)18-16(22)21-9-11(2)8-12(3)10-21/h11-12H,5-10H2,1-4H3,(H,19,23,24)/t11-,12+. The first-order valence-electron chi connectivity index (χ1n) is 8.94. The Morgan fingerprint density at radius 2 is 1.92 bits per heavy atom. The summed E-state index contributed by atoms with van der Waals surface area (Å²) in [5, 5.41) is 0. The van der Waals surface area contributed by atoms with Crippen molar-refractivity contribution in [2.24, 2.45) is 18.9 Å². The minimum absolute atomic E-state index is 0.397. The van der Waals surface area contributed by atoms with Gasteiger partial charge in [0.05, 0.1) is 6.61 Å². The summed E-state index contributed by atoms with van der Waals surface area (Å²) < 4.78 is 8.78. The number of rotatable bonds is 5. The van der Waals surface area contributed by atoms with Crippen molar-refractivity contribution in [3.05, 3.63) is 20.8 Å². The number of nitrogens with zero attached hydrogens (tertiary/aromatic N) is 4. The molecule has 0 aliphatic carbocycles. The molecule has 1 saturated heterocycles. The average molecular weight is 349 g/mol. The molecule has 2 aromatic rings. The molecule has 25 heavy (non-hydrogen) atoms. The quantitative estimate of drug-likeness (QED) is 0.812. The highest BCUT2D eigenvalue weighted by Gasteiger charge is 2.27. The number of anilines is 1. The Hall–Kier alpha value is -2.09. The summed E-state index contributed by atoms with van der Waals surface area (Å²) in [6.45, 7) is 9.85. The van der Waals surface area contributed by atoms with Crippen LogP contribution in [0.25, 0.3) is 11.2 Å². The van der Waals surface area contributed by atoms with Gasteiger partial charge in [-0.1, -0.05) is 13.8 Å². The van der Waals surface area contributed by atoms with Gasteiger partial charge in [0.1, 0.15) is 0 Å². The Balaban J connectivity index is 2.14. The summed E-state index contributed by atoms with van der Waals surface area (Å²) in [7, 11) is 1.63. The van der Waals surface area contributed by atoms with E-state index in [-0.39, 0.29) is 0 Å². The third-order valence-electron chi connectivity index (χ3n) is 4.80. The van der Waals surface area contributed by atoms with Crippen LogP contribution in [0.1, 0.15) is 27.2 Å². The van der Waals surface area contributed by atoms with E-state index < -0.39 is 11.2 Å². The van der Waals surface area contributed by atoms with E-state index >= 15 is 0 Å². The number of ether oxygens (including phenoxy) is 1. The molecule has 1 aliphatic rings. The molecular weight excluding hydrogens is 322 g/mol. The Kier molecular flexibility index (Phi) is 4.99. The second-order valence-electron chi connectivity index (χ2n) is 7.10. The topological polar surface area (TPSA) is 85.2 Å². The molecular formula is C17H27N5O3. The largest absolute Gasteiger partial charge is 0.380 e. The predicted molar refractivity (Wildman–Crippen MR) is 97.2 cm³/mol. The van der Waals surface area contributed by atoms with E-state index in [1.807, 2.05) is 11.5 Å². The summed E-state index contributed by atoms with van der Waals surface area (Å²) in [5.41, 5.74) is 0.0131. The van der Waals surface area contributed by atoms with Crippen LogP contribution < -0.4 is 16.1 Å². The lowest BCUT2D eigenvalue weighted by Crippen LogP contribution is -2.40. The van der Waals surface area contributed by atoms with E-state index in [1.54, 1.807) is 7.05 Å². The predicted octanol–water partition coefficient (Wildman–Crippen LogP) is 0.942. The van der Waals surface area contributed by atoms with Crippen molar-refractivity contribution < 1.29 is 4.74 Å². The number of piperidine rings is 1. The zero-order valence-corrected chi connectivity index (χ0v) is 15.4. The second-order valence-corrected chi connectivity index (χ2v) is 7.10. The number of aryl methyl sites for hydroxylation is 1. The lowest BCUT2D eigenvalue weighted by molar-refractivity contribution is 0.140. The molecule has 3 rings (SSSR count). The average Bonchev–Trinajstić information content (AvgIpc) is 2.92. The van der Waals surface area contributed by atoms with E-state index in [4.69, 9.17) is 4.74 Å². The number of imidazole rings is 1. The van der Waals surface area contributed by atoms with Gasteiger partial charge in [0.15, 0.2) is 11.2 Å². The molecule has 8 heteroatoms. The van der Waals surface area contributed by atoms with Gasteiger partial charge < -0.3 is 14.2 Å². The fourth-order valence-corrected chi connectivity index (χ4v) is 3.80. The van der Waals surface area contributed by atoms with Crippen molar-refractivity contribution >= 4 is 17.1 Å². The Morgan fingerprint density at radius 3 is 2.56 bits per heavy atom. The van der Waals surface area contributed by atoms with Gasteiger partial charge in [-0.2, -0.15) is 4.98 Å². The molecule has 0 spiro atoms. The van der Waals surface area contributed by atoms with Crippen LogP contribution in [-0.4, -0.2) is 45.4 Å². The van der Waals surface area contributed by atoms with Crippen LogP contribution in [0.5, 0.6) is 0 Å². The number of fused-ring (bicyclic) bond motifs is 1. The van der Waals surface area contributed by atoms with Crippen molar-refractivity contribution in [1.29, 1.82) is 0 Å². The van der Waals surface area contributed by atoms with Crippen molar-refractivity contribution in [2.75, 3.05) is 31.2 Å². The molecule has 0 bridgehead atoms. The molecule has 0 radical (unpaired) electrons. The number of H-pyrrole nitrogens is 1. The molecule has 2 aromatic heterocycles. The molecule has 3 heterocycles.